The SMILES string of the molecule is COc1ccc(/C=C2\SC(=S)N(CC(=O)O)C2=O)c(C(=O)O)c1OC. The summed E-state index contributed by atoms with van der Waals surface area (Å²) in [6, 6.07) is 2.98. The Kier molecular flexibility index (Phi) is 5.65. The molecule has 8 nitrogen and oxygen atoms in total. The zero-order valence-corrected chi connectivity index (χ0v) is 14.8. The molecule has 1 aliphatic rings. The Morgan fingerprint density at radius 1 is 1.28 bits per heavy atom. The molecule has 0 aliphatic carbocycles. The van der Waals surface area contributed by atoms with Crippen LogP contribution in [-0.2, 0) is 9.59 Å². The number of hydrogen-bond donors (Lipinski definition) is 2. The average molecular weight is 383 g/mol. The third-order valence-corrected chi connectivity index (χ3v) is 4.62. The van der Waals surface area contributed by atoms with Gasteiger partial charge in [0, 0.05) is 0 Å². The standard InChI is InChI=1S/C15H13NO7S2/c1-22-8-4-3-7(11(14(20)21)12(8)23-2)5-9-13(19)16(6-10(17)18)15(24)25-9/h3-5H,6H2,1-2H3,(H,17,18)(H,20,21)/b9-5-. The van der Waals surface area contributed by atoms with Gasteiger partial charge in [-0.1, -0.05) is 30.0 Å². The van der Waals surface area contributed by atoms with E-state index in [1.807, 2.05) is 0 Å². The van der Waals surface area contributed by atoms with Crippen LogP contribution in [0.3, 0.4) is 0 Å². The van der Waals surface area contributed by atoms with Gasteiger partial charge in [0.05, 0.1) is 19.1 Å². The van der Waals surface area contributed by atoms with Crippen molar-refractivity contribution >= 4 is 52.2 Å². The highest BCUT2D eigenvalue weighted by molar-refractivity contribution is 8.26. The van der Waals surface area contributed by atoms with Gasteiger partial charge in [-0.3, -0.25) is 14.5 Å². The number of ether oxygens (including phenoxy) is 2. The minimum absolute atomic E-state index is 0.0183. The third-order valence-electron chi connectivity index (χ3n) is 3.25. The maximum absolute atomic E-state index is 12.3. The molecular weight excluding hydrogens is 370 g/mol. The van der Waals surface area contributed by atoms with Crippen LogP contribution in [0.25, 0.3) is 6.08 Å². The Hall–Kier alpha value is -2.59. The summed E-state index contributed by atoms with van der Waals surface area (Å²) >= 11 is 5.91. The Morgan fingerprint density at radius 3 is 2.48 bits per heavy atom. The number of carbonyl (C=O) groups excluding carboxylic acids is 1. The number of thioether (sulfide) groups is 1. The number of carboxylic acids is 2. The van der Waals surface area contributed by atoms with Gasteiger partial charge < -0.3 is 19.7 Å². The highest BCUT2D eigenvalue weighted by atomic mass is 32.2. The van der Waals surface area contributed by atoms with Gasteiger partial charge in [0.2, 0.25) is 0 Å². The van der Waals surface area contributed by atoms with Gasteiger partial charge in [-0.15, -0.1) is 0 Å². The van der Waals surface area contributed by atoms with Gasteiger partial charge in [-0.2, -0.15) is 0 Å². The molecule has 1 fully saturated rings. The Bertz CT molecular complexity index is 803. The molecule has 0 saturated carbocycles. The van der Waals surface area contributed by atoms with E-state index < -0.39 is 24.4 Å². The predicted molar refractivity (Wildman–Crippen MR) is 94.0 cm³/mol. The van der Waals surface area contributed by atoms with Gasteiger partial charge in [0.15, 0.2) is 11.5 Å². The first-order valence-corrected chi connectivity index (χ1v) is 7.98. The number of nitrogens with zero attached hydrogens (tertiary/aromatic N) is 1. The van der Waals surface area contributed by atoms with Crippen LogP contribution >= 0.6 is 24.0 Å². The summed E-state index contributed by atoms with van der Waals surface area (Å²) < 4.78 is 10.3. The number of rotatable bonds is 6. The summed E-state index contributed by atoms with van der Waals surface area (Å²) in [5.41, 5.74) is 0.0336. The first-order chi connectivity index (χ1) is 11.8. The number of thiocarbonyl (C=S) groups is 1. The predicted octanol–water partition coefficient (Wildman–Crippen LogP) is 1.69. The highest BCUT2D eigenvalue weighted by Gasteiger charge is 2.34. The third kappa shape index (κ3) is 3.74. The molecule has 0 radical (unpaired) electrons. The summed E-state index contributed by atoms with van der Waals surface area (Å²) in [4.78, 5) is 35.8. The Morgan fingerprint density at radius 2 is 1.96 bits per heavy atom. The van der Waals surface area contributed by atoms with Crippen LogP contribution in [0.4, 0.5) is 0 Å². The van der Waals surface area contributed by atoms with E-state index in [2.05, 4.69) is 0 Å². The topological polar surface area (TPSA) is 113 Å². The Labute approximate surface area is 152 Å². The number of carbonyl (C=O) groups is 3. The molecule has 132 valence electrons. The fourth-order valence-corrected chi connectivity index (χ4v) is 3.44. The van der Waals surface area contributed by atoms with Crippen LogP contribution in [-0.4, -0.2) is 58.0 Å². The van der Waals surface area contributed by atoms with Crippen molar-refractivity contribution in [3.63, 3.8) is 0 Å². The lowest BCUT2D eigenvalue weighted by Crippen LogP contribution is -2.33. The van der Waals surface area contributed by atoms with Gasteiger partial charge in [0.1, 0.15) is 16.4 Å². The molecule has 0 spiro atoms. The maximum Gasteiger partial charge on any atom is 0.340 e. The second kappa shape index (κ2) is 7.53. The summed E-state index contributed by atoms with van der Waals surface area (Å²) in [6.07, 6.45) is 1.34. The molecule has 1 saturated heterocycles. The molecular formula is C15H13NO7S2. The number of methoxy groups -OCH3 is 2. The van der Waals surface area contributed by atoms with E-state index in [9.17, 15) is 19.5 Å². The van der Waals surface area contributed by atoms with Gasteiger partial charge in [0.25, 0.3) is 5.91 Å². The fraction of sp³-hybridized carbons (Fsp3) is 0.200. The second-order valence-corrected chi connectivity index (χ2v) is 6.41. The molecule has 1 heterocycles. The molecule has 1 aromatic carbocycles. The van der Waals surface area contributed by atoms with Crippen LogP contribution in [0.15, 0.2) is 17.0 Å². The van der Waals surface area contributed by atoms with Crippen molar-refractivity contribution in [2.24, 2.45) is 0 Å². The van der Waals surface area contributed by atoms with E-state index in [0.717, 1.165) is 16.7 Å². The quantitative estimate of drug-likeness (QED) is 0.559. The van der Waals surface area contributed by atoms with E-state index in [-0.39, 0.29) is 31.9 Å². The number of hydrogen-bond acceptors (Lipinski definition) is 7. The van der Waals surface area contributed by atoms with E-state index in [1.165, 1.54) is 32.4 Å². The van der Waals surface area contributed by atoms with Crippen molar-refractivity contribution in [1.29, 1.82) is 0 Å². The molecule has 2 N–H and O–H groups in total. The average Bonchev–Trinajstić information content (AvgIpc) is 2.81. The summed E-state index contributed by atoms with van der Waals surface area (Å²) in [7, 11) is 2.68. The lowest BCUT2D eigenvalue weighted by atomic mass is 10.0. The number of amides is 1. The number of aromatic carboxylic acids is 1. The maximum atomic E-state index is 12.3. The van der Waals surface area contributed by atoms with Crippen molar-refractivity contribution in [3.8, 4) is 11.5 Å². The van der Waals surface area contributed by atoms with Crippen molar-refractivity contribution in [2.45, 2.75) is 0 Å². The zero-order chi connectivity index (χ0) is 18.7. The number of benzene rings is 1. The molecule has 0 unspecified atom stereocenters. The molecule has 25 heavy (non-hydrogen) atoms. The van der Waals surface area contributed by atoms with Crippen molar-refractivity contribution < 1.29 is 34.1 Å². The molecule has 2 rings (SSSR count). The Balaban J connectivity index is 2.51. The lowest BCUT2D eigenvalue weighted by molar-refractivity contribution is -0.140. The van der Waals surface area contributed by atoms with Crippen LogP contribution in [0.2, 0.25) is 0 Å². The smallest absolute Gasteiger partial charge is 0.340 e. The molecule has 1 amide bonds. The molecule has 0 atom stereocenters. The molecule has 0 aromatic heterocycles. The zero-order valence-electron chi connectivity index (χ0n) is 13.1. The van der Waals surface area contributed by atoms with Gasteiger partial charge in [-0.05, 0) is 17.7 Å². The molecule has 1 aliphatic heterocycles. The molecule has 10 heteroatoms. The molecule has 0 bridgehead atoms. The van der Waals surface area contributed by atoms with Gasteiger partial charge >= 0.3 is 11.9 Å². The molecule has 1 aromatic rings. The second-order valence-electron chi connectivity index (χ2n) is 4.73. The van der Waals surface area contributed by atoms with E-state index >= 15 is 0 Å². The van der Waals surface area contributed by atoms with Crippen molar-refractivity contribution in [3.05, 3.63) is 28.2 Å². The summed E-state index contributed by atoms with van der Waals surface area (Å²) in [5, 5.41) is 18.3. The van der Waals surface area contributed by atoms with Crippen molar-refractivity contribution in [1.82, 2.24) is 4.90 Å². The minimum Gasteiger partial charge on any atom is -0.493 e. The number of aliphatic carboxylic acids is 1. The first kappa shape index (κ1) is 18.7. The normalized spacial score (nSPS) is 15.6. The number of carboxylic acid groups (broad SMARTS) is 2. The highest BCUT2D eigenvalue weighted by Crippen LogP contribution is 2.37. The fourth-order valence-electron chi connectivity index (χ4n) is 2.20. The lowest BCUT2D eigenvalue weighted by Gasteiger charge is -2.13. The minimum atomic E-state index is -1.26. The monoisotopic (exact) mass is 383 g/mol. The largest absolute Gasteiger partial charge is 0.493 e. The summed E-state index contributed by atoms with van der Waals surface area (Å²) in [6.45, 7) is -0.556. The van der Waals surface area contributed by atoms with Crippen LogP contribution in [0, 0.1) is 0 Å². The van der Waals surface area contributed by atoms with E-state index in [0.29, 0.717) is 0 Å². The van der Waals surface area contributed by atoms with E-state index in [4.69, 9.17) is 26.8 Å². The van der Waals surface area contributed by atoms with Crippen LogP contribution in [0.5, 0.6) is 11.5 Å². The first-order valence-electron chi connectivity index (χ1n) is 6.75. The van der Waals surface area contributed by atoms with Crippen LogP contribution in [0.1, 0.15) is 15.9 Å². The van der Waals surface area contributed by atoms with E-state index in [1.54, 1.807) is 0 Å². The van der Waals surface area contributed by atoms with Crippen molar-refractivity contribution in [2.75, 3.05) is 20.8 Å². The van der Waals surface area contributed by atoms with Gasteiger partial charge in [-0.25, -0.2) is 4.79 Å². The van der Waals surface area contributed by atoms with Crippen LogP contribution < -0.4 is 9.47 Å². The summed E-state index contributed by atoms with van der Waals surface area (Å²) in [5.74, 6) is -2.80.